The van der Waals surface area contributed by atoms with E-state index in [-0.39, 0.29) is 25.4 Å². The quantitative estimate of drug-likeness (QED) is 0.592. The van der Waals surface area contributed by atoms with Crippen LogP contribution in [-0.2, 0) is 21.2 Å². The number of amides is 1. The van der Waals surface area contributed by atoms with Gasteiger partial charge in [0.05, 0.1) is 17.0 Å². The van der Waals surface area contributed by atoms with E-state index >= 15 is 0 Å². The zero-order chi connectivity index (χ0) is 22.9. The van der Waals surface area contributed by atoms with Crippen molar-refractivity contribution >= 4 is 15.9 Å². The molecule has 1 fully saturated rings. The number of aromatic nitrogens is 1. The van der Waals surface area contributed by atoms with Gasteiger partial charge in [0.1, 0.15) is 5.76 Å². The van der Waals surface area contributed by atoms with E-state index in [1.165, 1.54) is 4.31 Å². The third-order valence-electron chi connectivity index (χ3n) is 5.94. The molecule has 0 bridgehead atoms. The Morgan fingerprint density at radius 1 is 0.969 bits per heavy atom. The lowest BCUT2D eigenvalue weighted by Crippen LogP contribution is -2.50. The van der Waals surface area contributed by atoms with Crippen LogP contribution in [-0.4, -0.2) is 54.7 Å². The monoisotopic (exact) mass is 453 g/mol. The SMILES string of the molecule is Cc1ccc(S(=O)(=O)N2CCN(C(=O)Cc3nc(-c4ccccc4)oc3C)CC2)cc1C. The number of sulfonamides is 1. The molecule has 7 nitrogen and oxygen atoms in total. The minimum Gasteiger partial charge on any atom is -0.441 e. The molecular weight excluding hydrogens is 426 g/mol. The van der Waals surface area contributed by atoms with Gasteiger partial charge in [0.15, 0.2) is 0 Å². The predicted molar refractivity (Wildman–Crippen MR) is 122 cm³/mol. The Morgan fingerprint density at radius 3 is 2.31 bits per heavy atom. The second-order valence-electron chi connectivity index (χ2n) is 8.10. The van der Waals surface area contributed by atoms with Crippen molar-refractivity contribution in [3.8, 4) is 11.5 Å². The topological polar surface area (TPSA) is 83.7 Å². The van der Waals surface area contributed by atoms with Crippen LogP contribution < -0.4 is 0 Å². The number of aryl methyl sites for hydroxylation is 3. The lowest BCUT2D eigenvalue weighted by atomic mass is 10.1. The zero-order valence-electron chi connectivity index (χ0n) is 18.5. The molecular formula is C24H27N3O4S. The fraction of sp³-hybridized carbons (Fsp3) is 0.333. The van der Waals surface area contributed by atoms with Gasteiger partial charge in [-0.05, 0) is 56.2 Å². The summed E-state index contributed by atoms with van der Waals surface area (Å²) in [7, 11) is -3.58. The summed E-state index contributed by atoms with van der Waals surface area (Å²) in [6.45, 7) is 6.91. The van der Waals surface area contributed by atoms with E-state index in [0.29, 0.717) is 35.3 Å². The average molecular weight is 454 g/mol. The molecule has 0 N–H and O–H groups in total. The van der Waals surface area contributed by atoms with Gasteiger partial charge in [-0.3, -0.25) is 4.79 Å². The third-order valence-corrected chi connectivity index (χ3v) is 7.83. The van der Waals surface area contributed by atoms with E-state index in [0.717, 1.165) is 16.7 Å². The largest absolute Gasteiger partial charge is 0.441 e. The van der Waals surface area contributed by atoms with Crippen molar-refractivity contribution in [1.82, 2.24) is 14.2 Å². The second-order valence-corrected chi connectivity index (χ2v) is 10.0. The lowest BCUT2D eigenvalue weighted by Gasteiger charge is -2.34. The molecule has 2 aromatic carbocycles. The highest BCUT2D eigenvalue weighted by atomic mass is 32.2. The van der Waals surface area contributed by atoms with Crippen LogP contribution >= 0.6 is 0 Å². The number of hydrogen-bond donors (Lipinski definition) is 0. The highest BCUT2D eigenvalue weighted by molar-refractivity contribution is 7.89. The summed E-state index contributed by atoms with van der Waals surface area (Å²) in [6, 6.07) is 14.7. The predicted octanol–water partition coefficient (Wildman–Crippen LogP) is 3.34. The van der Waals surface area contributed by atoms with Gasteiger partial charge in [-0.25, -0.2) is 13.4 Å². The van der Waals surface area contributed by atoms with Crippen LogP contribution in [0.2, 0.25) is 0 Å². The van der Waals surface area contributed by atoms with Gasteiger partial charge in [0.25, 0.3) is 0 Å². The van der Waals surface area contributed by atoms with Crippen molar-refractivity contribution in [2.24, 2.45) is 0 Å². The molecule has 1 amide bonds. The molecule has 0 spiro atoms. The summed E-state index contributed by atoms with van der Waals surface area (Å²) in [5, 5.41) is 0. The van der Waals surface area contributed by atoms with E-state index in [4.69, 9.17) is 4.42 Å². The fourth-order valence-electron chi connectivity index (χ4n) is 3.75. The molecule has 1 aliphatic heterocycles. The third kappa shape index (κ3) is 4.47. The van der Waals surface area contributed by atoms with E-state index < -0.39 is 10.0 Å². The van der Waals surface area contributed by atoms with Gasteiger partial charge < -0.3 is 9.32 Å². The van der Waals surface area contributed by atoms with Gasteiger partial charge in [0.2, 0.25) is 21.8 Å². The number of hydrogen-bond acceptors (Lipinski definition) is 5. The average Bonchev–Trinajstić information content (AvgIpc) is 3.16. The summed E-state index contributed by atoms with van der Waals surface area (Å²) in [5.74, 6) is 1.03. The number of rotatable bonds is 5. The van der Waals surface area contributed by atoms with Crippen LogP contribution in [0.1, 0.15) is 22.6 Å². The molecule has 0 unspecified atom stereocenters. The summed E-state index contributed by atoms with van der Waals surface area (Å²) in [5.41, 5.74) is 3.47. The van der Waals surface area contributed by atoms with Gasteiger partial charge in [-0.1, -0.05) is 24.3 Å². The van der Waals surface area contributed by atoms with Crippen LogP contribution in [0.3, 0.4) is 0 Å². The first-order chi connectivity index (χ1) is 15.3. The highest BCUT2D eigenvalue weighted by Crippen LogP contribution is 2.23. The van der Waals surface area contributed by atoms with Gasteiger partial charge in [-0.2, -0.15) is 4.31 Å². The van der Waals surface area contributed by atoms with Gasteiger partial charge in [0, 0.05) is 31.7 Å². The number of nitrogens with zero attached hydrogens (tertiary/aromatic N) is 3. The Labute approximate surface area is 188 Å². The molecule has 8 heteroatoms. The van der Waals surface area contributed by atoms with E-state index in [1.807, 2.05) is 50.2 Å². The van der Waals surface area contributed by atoms with E-state index in [2.05, 4.69) is 4.98 Å². The molecule has 168 valence electrons. The minimum atomic E-state index is -3.58. The molecule has 0 aliphatic carbocycles. The van der Waals surface area contributed by atoms with Crippen LogP contribution in [0.15, 0.2) is 57.8 Å². The Morgan fingerprint density at radius 2 is 1.66 bits per heavy atom. The molecule has 0 atom stereocenters. The maximum atomic E-state index is 13.0. The number of piperazine rings is 1. The molecule has 0 radical (unpaired) electrons. The number of benzene rings is 2. The lowest BCUT2D eigenvalue weighted by molar-refractivity contribution is -0.131. The molecule has 1 aliphatic rings. The van der Waals surface area contributed by atoms with Crippen LogP contribution in [0.4, 0.5) is 0 Å². The Kier molecular flexibility index (Phi) is 6.17. The Bertz CT molecular complexity index is 1230. The smallest absolute Gasteiger partial charge is 0.243 e. The molecule has 1 saturated heterocycles. The number of oxazole rings is 1. The molecule has 0 saturated carbocycles. The first kappa shape index (κ1) is 22.2. The molecule has 1 aromatic heterocycles. The summed E-state index contributed by atoms with van der Waals surface area (Å²) < 4.78 is 33.2. The van der Waals surface area contributed by atoms with Crippen LogP contribution in [0.5, 0.6) is 0 Å². The van der Waals surface area contributed by atoms with E-state index in [1.54, 1.807) is 24.0 Å². The summed E-state index contributed by atoms with van der Waals surface area (Å²) in [6.07, 6.45) is 0.131. The van der Waals surface area contributed by atoms with Crippen molar-refractivity contribution in [2.75, 3.05) is 26.2 Å². The summed E-state index contributed by atoms with van der Waals surface area (Å²) in [4.78, 5) is 19.3. The number of carbonyl (C=O) groups excluding carboxylic acids is 1. The van der Waals surface area contributed by atoms with Crippen molar-refractivity contribution in [2.45, 2.75) is 32.1 Å². The Hall–Kier alpha value is -2.97. The van der Waals surface area contributed by atoms with Crippen molar-refractivity contribution < 1.29 is 17.6 Å². The molecule has 2 heterocycles. The van der Waals surface area contributed by atoms with Gasteiger partial charge in [-0.15, -0.1) is 0 Å². The first-order valence-electron chi connectivity index (χ1n) is 10.6. The van der Waals surface area contributed by atoms with Crippen LogP contribution in [0, 0.1) is 20.8 Å². The van der Waals surface area contributed by atoms with Crippen molar-refractivity contribution in [3.63, 3.8) is 0 Å². The standard InChI is InChI=1S/C24H27N3O4S/c1-17-9-10-21(15-18(17)2)32(29,30)27-13-11-26(12-14-27)23(28)16-22-19(3)31-24(25-22)20-7-5-4-6-8-20/h4-10,15H,11-14,16H2,1-3H3. The fourth-order valence-corrected chi connectivity index (χ4v) is 5.26. The number of carbonyl (C=O) groups is 1. The van der Waals surface area contributed by atoms with Crippen molar-refractivity contribution in [1.29, 1.82) is 0 Å². The van der Waals surface area contributed by atoms with Crippen molar-refractivity contribution in [3.05, 3.63) is 71.1 Å². The molecule has 4 rings (SSSR count). The zero-order valence-corrected chi connectivity index (χ0v) is 19.4. The minimum absolute atomic E-state index is 0.0794. The van der Waals surface area contributed by atoms with Gasteiger partial charge >= 0.3 is 0 Å². The first-order valence-corrected chi connectivity index (χ1v) is 12.1. The maximum absolute atomic E-state index is 13.0. The second kappa shape index (κ2) is 8.88. The normalized spacial score (nSPS) is 15.2. The Balaban J connectivity index is 1.40. The molecule has 32 heavy (non-hydrogen) atoms. The summed E-state index contributed by atoms with van der Waals surface area (Å²) >= 11 is 0. The van der Waals surface area contributed by atoms with Crippen LogP contribution in [0.25, 0.3) is 11.5 Å². The molecule has 3 aromatic rings. The highest BCUT2D eigenvalue weighted by Gasteiger charge is 2.30. The maximum Gasteiger partial charge on any atom is 0.243 e. The van der Waals surface area contributed by atoms with E-state index in [9.17, 15) is 13.2 Å².